The highest BCUT2D eigenvalue weighted by molar-refractivity contribution is 5.90. The molecule has 0 radical (unpaired) electrons. The quantitative estimate of drug-likeness (QED) is 0.584. The largest absolute Gasteiger partial charge is 0.350 e. The number of aryl methyl sites for hydroxylation is 1. The lowest BCUT2D eigenvalue weighted by atomic mass is 10.1. The smallest absolute Gasteiger partial charge is 0.341 e. The lowest BCUT2D eigenvalue weighted by Crippen LogP contribution is -2.31. The van der Waals surface area contributed by atoms with Crippen molar-refractivity contribution >= 4 is 11.7 Å². The molecule has 0 atom stereocenters. The summed E-state index contributed by atoms with van der Waals surface area (Å²) in [7, 11) is 1.49. The van der Waals surface area contributed by atoms with Gasteiger partial charge in [-0.2, -0.15) is 10.1 Å². The van der Waals surface area contributed by atoms with E-state index in [1.165, 1.54) is 7.05 Å². The molecule has 1 aromatic rings. The summed E-state index contributed by atoms with van der Waals surface area (Å²) in [5.74, 6) is 0. The third kappa shape index (κ3) is 2.31. The Bertz CT molecular complexity index is 400. The van der Waals surface area contributed by atoms with Crippen LogP contribution in [-0.4, -0.2) is 13.1 Å². The molecule has 2 amide bonds. The highest BCUT2D eigenvalue weighted by atomic mass is 16.2. The van der Waals surface area contributed by atoms with E-state index in [-0.39, 0.29) is 0 Å². The highest BCUT2D eigenvalue weighted by Crippen LogP contribution is 2.22. The number of carbonyl (C=O) groups is 1. The molecule has 0 bridgehead atoms. The van der Waals surface area contributed by atoms with Gasteiger partial charge >= 0.3 is 6.03 Å². The Kier molecular flexibility index (Phi) is 3.38. The first kappa shape index (κ1) is 11.2. The van der Waals surface area contributed by atoms with Crippen LogP contribution in [0, 0.1) is 13.8 Å². The van der Waals surface area contributed by atoms with E-state index in [0.717, 1.165) is 16.1 Å². The van der Waals surface area contributed by atoms with Gasteiger partial charge in [-0.15, -0.1) is 0 Å². The molecular weight excluding hydrogens is 192 g/mol. The highest BCUT2D eigenvalue weighted by Gasteiger charge is 2.14. The maximum atomic E-state index is 11.1. The number of nitrogens with zero attached hydrogens (tertiary/aromatic N) is 3. The van der Waals surface area contributed by atoms with Gasteiger partial charge in [0.2, 0.25) is 0 Å². The number of hydrogen-bond acceptors (Lipinski definition) is 3. The standard InChI is InChI=1S/C10H14N4O/c1-7-5-4-6-9(8(7)2)14(10(11)15)13-12-3/h4-6H,1-3H3,(H2,11,15)/b13-12-. The lowest BCUT2D eigenvalue weighted by molar-refractivity contribution is 0.253. The van der Waals surface area contributed by atoms with Crippen LogP contribution in [0.4, 0.5) is 10.5 Å². The SMILES string of the molecule is C/N=N\N(C(N)=O)c1cccc(C)c1C. The summed E-state index contributed by atoms with van der Waals surface area (Å²) in [6.07, 6.45) is 0. The van der Waals surface area contributed by atoms with Gasteiger partial charge in [-0.25, -0.2) is 4.79 Å². The van der Waals surface area contributed by atoms with Crippen LogP contribution in [-0.2, 0) is 0 Å². The molecule has 0 saturated carbocycles. The van der Waals surface area contributed by atoms with E-state index < -0.39 is 6.03 Å². The van der Waals surface area contributed by atoms with Crippen molar-refractivity contribution in [1.82, 2.24) is 0 Å². The molecule has 0 spiro atoms. The van der Waals surface area contributed by atoms with Gasteiger partial charge in [0, 0.05) is 0 Å². The van der Waals surface area contributed by atoms with Crippen LogP contribution in [0.1, 0.15) is 11.1 Å². The predicted octanol–water partition coefficient (Wildman–Crippen LogP) is 2.19. The lowest BCUT2D eigenvalue weighted by Gasteiger charge is -2.16. The summed E-state index contributed by atoms with van der Waals surface area (Å²) >= 11 is 0. The molecule has 0 aliphatic carbocycles. The number of rotatable bonds is 2. The van der Waals surface area contributed by atoms with Crippen LogP contribution in [0.5, 0.6) is 0 Å². The first-order valence-electron chi connectivity index (χ1n) is 4.53. The number of primary amides is 1. The van der Waals surface area contributed by atoms with Gasteiger partial charge in [0.25, 0.3) is 0 Å². The van der Waals surface area contributed by atoms with Crippen molar-refractivity contribution in [3.8, 4) is 0 Å². The Morgan fingerprint density at radius 1 is 1.40 bits per heavy atom. The molecule has 15 heavy (non-hydrogen) atoms. The van der Waals surface area contributed by atoms with Crippen LogP contribution >= 0.6 is 0 Å². The summed E-state index contributed by atoms with van der Waals surface area (Å²) in [4.78, 5) is 11.1. The molecule has 0 aliphatic rings. The Morgan fingerprint density at radius 2 is 2.07 bits per heavy atom. The fourth-order valence-corrected chi connectivity index (χ4v) is 1.27. The third-order valence-corrected chi connectivity index (χ3v) is 2.19. The van der Waals surface area contributed by atoms with Crippen LogP contribution in [0.25, 0.3) is 0 Å². The van der Waals surface area contributed by atoms with E-state index in [1.807, 2.05) is 26.0 Å². The Balaban J connectivity index is 3.23. The number of benzene rings is 1. The summed E-state index contributed by atoms with van der Waals surface area (Å²) in [5, 5.41) is 8.32. The van der Waals surface area contributed by atoms with Gasteiger partial charge in [-0.1, -0.05) is 17.4 Å². The first-order chi connectivity index (χ1) is 7.07. The average Bonchev–Trinajstić information content (AvgIpc) is 2.19. The van der Waals surface area contributed by atoms with Gasteiger partial charge < -0.3 is 5.73 Å². The van der Waals surface area contributed by atoms with Crippen molar-refractivity contribution in [2.75, 3.05) is 12.1 Å². The topological polar surface area (TPSA) is 71.1 Å². The summed E-state index contributed by atoms with van der Waals surface area (Å²) in [5.41, 5.74) is 7.90. The number of hydrogen-bond donors (Lipinski definition) is 1. The number of anilines is 1. The van der Waals surface area contributed by atoms with Crippen molar-refractivity contribution in [2.24, 2.45) is 16.1 Å². The molecular formula is C10H14N4O. The Labute approximate surface area is 88.6 Å². The maximum Gasteiger partial charge on any atom is 0.341 e. The minimum atomic E-state index is -0.644. The van der Waals surface area contributed by atoms with Crippen molar-refractivity contribution in [3.63, 3.8) is 0 Å². The van der Waals surface area contributed by atoms with Crippen molar-refractivity contribution in [2.45, 2.75) is 13.8 Å². The molecule has 0 fully saturated rings. The van der Waals surface area contributed by atoms with Gasteiger partial charge in [-0.3, -0.25) is 0 Å². The molecule has 0 heterocycles. The zero-order valence-corrected chi connectivity index (χ0v) is 9.06. The second-order valence-electron chi connectivity index (χ2n) is 3.16. The molecule has 0 aliphatic heterocycles. The van der Waals surface area contributed by atoms with Gasteiger partial charge in [0.1, 0.15) is 0 Å². The van der Waals surface area contributed by atoms with Crippen molar-refractivity contribution < 1.29 is 4.79 Å². The monoisotopic (exact) mass is 206 g/mol. The zero-order valence-electron chi connectivity index (χ0n) is 9.06. The molecule has 5 heteroatoms. The van der Waals surface area contributed by atoms with E-state index in [4.69, 9.17) is 5.73 Å². The van der Waals surface area contributed by atoms with Gasteiger partial charge in [0.15, 0.2) is 0 Å². The maximum absolute atomic E-state index is 11.1. The number of carbonyl (C=O) groups excluding carboxylic acids is 1. The Morgan fingerprint density at radius 3 is 2.60 bits per heavy atom. The summed E-state index contributed by atoms with van der Waals surface area (Å²) < 4.78 is 0. The summed E-state index contributed by atoms with van der Waals surface area (Å²) in [6.45, 7) is 3.87. The van der Waals surface area contributed by atoms with Crippen LogP contribution in [0.15, 0.2) is 28.5 Å². The van der Waals surface area contributed by atoms with E-state index in [9.17, 15) is 4.79 Å². The van der Waals surface area contributed by atoms with E-state index in [0.29, 0.717) is 5.69 Å². The van der Waals surface area contributed by atoms with Crippen molar-refractivity contribution in [1.29, 1.82) is 0 Å². The number of nitrogens with two attached hydrogens (primary N) is 1. The predicted molar refractivity (Wildman–Crippen MR) is 58.8 cm³/mol. The van der Waals surface area contributed by atoms with Gasteiger partial charge in [0.05, 0.1) is 12.7 Å². The van der Waals surface area contributed by atoms with Gasteiger partial charge in [-0.05, 0) is 31.0 Å². The van der Waals surface area contributed by atoms with E-state index in [2.05, 4.69) is 10.3 Å². The molecule has 1 aromatic carbocycles. The Hall–Kier alpha value is -1.91. The van der Waals surface area contributed by atoms with Crippen LogP contribution < -0.4 is 10.7 Å². The normalized spacial score (nSPS) is 10.6. The molecule has 5 nitrogen and oxygen atoms in total. The first-order valence-corrected chi connectivity index (χ1v) is 4.53. The third-order valence-electron chi connectivity index (χ3n) is 2.19. The number of amides is 2. The fourth-order valence-electron chi connectivity index (χ4n) is 1.27. The molecule has 80 valence electrons. The molecule has 0 aromatic heterocycles. The molecule has 2 N–H and O–H groups in total. The minimum Gasteiger partial charge on any atom is -0.350 e. The molecule has 0 unspecified atom stereocenters. The summed E-state index contributed by atoms with van der Waals surface area (Å²) in [6, 6.07) is 4.94. The fraction of sp³-hybridized carbons (Fsp3) is 0.300. The second-order valence-corrected chi connectivity index (χ2v) is 3.16. The van der Waals surface area contributed by atoms with Crippen LogP contribution in [0.3, 0.4) is 0 Å². The number of urea groups is 1. The van der Waals surface area contributed by atoms with E-state index in [1.54, 1.807) is 6.07 Å². The molecule has 1 rings (SSSR count). The minimum absolute atomic E-state index is 0.644. The zero-order chi connectivity index (χ0) is 11.4. The van der Waals surface area contributed by atoms with Crippen molar-refractivity contribution in [3.05, 3.63) is 29.3 Å². The van der Waals surface area contributed by atoms with E-state index >= 15 is 0 Å². The second kappa shape index (κ2) is 4.54. The molecule has 0 saturated heterocycles. The average molecular weight is 206 g/mol. The van der Waals surface area contributed by atoms with Crippen LogP contribution in [0.2, 0.25) is 0 Å².